The van der Waals surface area contributed by atoms with Crippen LogP contribution in [0.1, 0.15) is 43.0 Å². The van der Waals surface area contributed by atoms with Gasteiger partial charge in [-0.3, -0.25) is 9.78 Å². The molecular weight excluding hydrogens is 296 g/mol. The molecule has 1 unspecified atom stereocenters. The minimum atomic E-state index is 0.0782. The second kappa shape index (κ2) is 8.20. The van der Waals surface area contributed by atoms with Crippen molar-refractivity contribution in [1.82, 2.24) is 10.3 Å². The van der Waals surface area contributed by atoms with Crippen LogP contribution in [0.4, 0.5) is 0 Å². The van der Waals surface area contributed by atoms with Gasteiger partial charge in [0.15, 0.2) is 5.78 Å². The van der Waals surface area contributed by atoms with Crippen molar-refractivity contribution in [2.24, 2.45) is 11.8 Å². The van der Waals surface area contributed by atoms with Gasteiger partial charge in [0.25, 0.3) is 0 Å². The Balaban J connectivity index is 1.64. The van der Waals surface area contributed by atoms with Crippen molar-refractivity contribution >= 4 is 5.78 Å². The van der Waals surface area contributed by atoms with Gasteiger partial charge in [-0.05, 0) is 43.9 Å². The molecule has 1 aliphatic rings. The second-order valence-corrected chi connectivity index (χ2v) is 6.74. The van der Waals surface area contributed by atoms with E-state index < -0.39 is 0 Å². The van der Waals surface area contributed by atoms with Crippen molar-refractivity contribution < 1.29 is 4.79 Å². The molecule has 1 heterocycles. The summed E-state index contributed by atoms with van der Waals surface area (Å²) in [4.78, 5) is 17.2. The van der Waals surface area contributed by atoms with Gasteiger partial charge in [0.1, 0.15) is 0 Å². The number of pyridine rings is 1. The summed E-state index contributed by atoms with van der Waals surface area (Å²) in [6.07, 6.45) is 6.45. The molecule has 1 fully saturated rings. The van der Waals surface area contributed by atoms with E-state index in [0.29, 0.717) is 0 Å². The Labute approximate surface area is 144 Å². The largest absolute Gasteiger partial charge is 0.316 e. The molecule has 3 nitrogen and oxygen atoms in total. The minimum Gasteiger partial charge on any atom is -0.316 e. The second-order valence-electron chi connectivity index (χ2n) is 6.74. The zero-order valence-corrected chi connectivity index (χ0v) is 14.4. The smallest absolute Gasteiger partial charge is 0.167 e. The molecule has 0 aliphatic heterocycles. The van der Waals surface area contributed by atoms with E-state index >= 15 is 0 Å². The average molecular weight is 322 g/mol. The summed E-state index contributed by atoms with van der Waals surface area (Å²) in [6.45, 7) is 4.00. The number of nitrogens with one attached hydrogen (secondary N) is 1. The zero-order chi connectivity index (χ0) is 16.8. The van der Waals surface area contributed by atoms with E-state index in [0.717, 1.165) is 48.7 Å². The standard InChI is InChI=1S/C21H26N2O/c1-2-5-19(15-22-14-16-7-8-16)21(24)18-11-9-17(10-12-18)20-6-3-4-13-23-20/h3-4,6,9-13,16,19,22H,2,5,7-8,14-15H2,1H3. The van der Waals surface area contributed by atoms with Crippen molar-refractivity contribution in [2.75, 3.05) is 13.1 Å². The number of ketones is 1. The first-order chi connectivity index (χ1) is 11.8. The number of hydrogen-bond acceptors (Lipinski definition) is 3. The van der Waals surface area contributed by atoms with Gasteiger partial charge in [-0.1, -0.05) is 43.7 Å². The van der Waals surface area contributed by atoms with E-state index in [1.54, 1.807) is 6.20 Å². The topological polar surface area (TPSA) is 42.0 Å². The predicted molar refractivity (Wildman–Crippen MR) is 98.0 cm³/mol. The number of nitrogens with zero attached hydrogens (tertiary/aromatic N) is 1. The van der Waals surface area contributed by atoms with Crippen molar-refractivity contribution in [2.45, 2.75) is 32.6 Å². The Morgan fingerprint density at radius 3 is 2.62 bits per heavy atom. The first-order valence-corrected chi connectivity index (χ1v) is 9.04. The van der Waals surface area contributed by atoms with E-state index in [1.165, 1.54) is 12.8 Å². The van der Waals surface area contributed by atoms with Crippen LogP contribution in [-0.2, 0) is 0 Å². The summed E-state index contributed by atoms with van der Waals surface area (Å²) in [7, 11) is 0. The van der Waals surface area contributed by atoms with Gasteiger partial charge < -0.3 is 5.32 Å². The van der Waals surface area contributed by atoms with Crippen molar-refractivity contribution in [3.63, 3.8) is 0 Å². The average Bonchev–Trinajstić information content (AvgIpc) is 3.46. The van der Waals surface area contributed by atoms with Gasteiger partial charge in [0.2, 0.25) is 0 Å². The lowest BCUT2D eigenvalue weighted by Gasteiger charge is -2.16. The highest BCUT2D eigenvalue weighted by Gasteiger charge is 2.23. The maximum Gasteiger partial charge on any atom is 0.167 e. The molecule has 2 aromatic rings. The fraction of sp³-hybridized carbons (Fsp3) is 0.429. The maximum atomic E-state index is 12.8. The fourth-order valence-electron chi connectivity index (χ4n) is 3.03. The molecule has 0 amide bonds. The van der Waals surface area contributed by atoms with Gasteiger partial charge in [0, 0.05) is 29.8 Å². The lowest BCUT2D eigenvalue weighted by molar-refractivity contribution is 0.0911. The summed E-state index contributed by atoms with van der Waals surface area (Å²) >= 11 is 0. The van der Waals surface area contributed by atoms with Gasteiger partial charge in [-0.15, -0.1) is 0 Å². The van der Waals surface area contributed by atoms with Crippen LogP contribution in [0.25, 0.3) is 11.3 Å². The molecule has 3 heteroatoms. The molecular formula is C21H26N2O. The Kier molecular flexibility index (Phi) is 5.76. The molecule has 1 aromatic heterocycles. The van der Waals surface area contributed by atoms with E-state index in [9.17, 15) is 4.79 Å². The molecule has 1 saturated carbocycles. The van der Waals surface area contributed by atoms with Crippen molar-refractivity contribution in [1.29, 1.82) is 0 Å². The van der Waals surface area contributed by atoms with Crippen LogP contribution in [0.2, 0.25) is 0 Å². The molecule has 0 radical (unpaired) electrons. The Morgan fingerprint density at radius 1 is 1.21 bits per heavy atom. The summed E-state index contributed by atoms with van der Waals surface area (Å²) in [5.74, 6) is 1.18. The van der Waals surface area contributed by atoms with Gasteiger partial charge >= 0.3 is 0 Å². The zero-order valence-electron chi connectivity index (χ0n) is 14.4. The lowest BCUT2D eigenvalue weighted by Crippen LogP contribution is -2.30. The molecule has 1 atom stereocenters. The third-order valence-corrected chi connectivity index (χ3v) is 4.66. The van der Waals surface area contributed by atoms with Crippen LogP contribution < -0.4 is 5.32 Å². The third kappa shape index (κ3) is 4.51. The number of Topliss-reactive ketones (excluding diaryl/α,β-unsaturated/α-hetero) is 1. The maximum absolute atomic E-state index is 12.8. The number of aromatic nitrogens is 1. The molecule has 1 N–H and O–H groups in total. The number of hydrogen-bond donors (Lipinski definition) is 1. The molecule has 126 valence electrons. The van der Waals surface area contributed by atoms with Gasteiger partial charge in [0.05, 0.1) is 5.69 Å². The van der Waals surface area contributed by atoms with Crippen LogP contribution in [0.5, 0.6) is 0 Å². The molecule has 3 rings (SSSR count). The summed E-state index contributed by atoms with van der Waals surface area (Å²) in [5, 5.41) is 3.49. The summed E-state index contributed by atoms with van der Waals surface area (Å²) < 4.78 is 0. The monoisotopic (exact) mass is 322 g/mol. The number of benzene rings is 1. The normalized spacial score (nSPS) is 15.2. The van der Waals surface area contributed by atoms with Crippen LogP contribution in [0, 0.1) is 11.8 Å². The van der Waals surface area contributed by atoms with Crippen LogP contribution in [-0.4, -0.2) is 23.9 Å². The van der Waals surface area contributed by atoms with Crippen LogP contribution >= 0.6 is 0 Å². The molecule has 24 heavy (non-hydrogen) atoms. The first kappa shape index (κ1) is 16.8. The van der Waals surface area contributed by atoms with Gasteiger partial charge in [-0.2, -0.15) is 0 Å². The Hall–Kier alpha value is -2.00. The van der Waals surface area contributed by atoms with E-state index in [2.05, 4.69) is 17.2 Å². The molecule has 1 aromatic carbocycles. The minimum absolute atomic E-state index is 0.0782. The summed E-state index contributed by atoms with van der Waals surface area (Å²) in [6, 6.07) is 13.7. The Morgan fingerprint density at radius 2 is 2.00 bits per heavy atom. The molecule has 1 aliphatic carbocycles. The number of carbonyl (C=O) groups excluding carboxylic acids is 1. The van der Waals surface area contributed by atoms with Crippen molar-refractivity contribution in [3.05, 3.63) is 54.2 Å². The molecule has 0 saturated heterocycles. The lowest BCUT2D eigenvalue weighted by atomic mass is 9.92. The van der Waals surface area contributed by atoms with Crippen LogP contribution in [0.15, 0.2) is 48.7 Å². The quantitative estimate of drug-likeness (QED) is 0.698. The van der Waals surface area contributed by atoms with E-state index in [4.69, 9.17) is 0 Å². The van der Waals surface area contributed by atoms with Crippen molar-refractivity contribution in [3.8, 4) is 11.3 Å². The first-order valence-electron chi connectivity index (χ1n) is 9.04. The highest BCUT2D eigenvalue weighted by molar-refractivity contribution is 5.98. The molecule has 0 bridgehead atoms. The Bertz CT molecular complexity index is 647. The van der Waals surface area contributed by atoms with Gasteiger partial charge in [-0.25, -0.2) is 0 Å². The highest BCUT2D eigenvalue weighted by Crippen LogP contribution is 2.27. The fourth-order valence-corrected chi connectivity index (χ4v) is 3.03. The highest BCUT2D eigenvalue weighted by atomic mass is 16.1. The SMILES string of the molecule is CCCC(CNCC1CC1)C(=O)c1ccc(-c2ccccn2)cc1. The van der Waals surface area contributed by atoms with E-state index in [-0.39, 0.29) is 11.7 Å². The third-order valence-electron chi connectivity index (χ3n) is 4.66. The number of carbonyl (C=O) groups is 1. The summed E-state index contributed by atoms with van der Waals surface area (Å²) in [5.41, 5.74) is 2.79. The molecule has 0 spiro atoms. The number of rotatable bonds is 9. The van der Waals surface area contributed by atoms with Crippen LogP contribution in [0.3, 0.4) is 0 Å². The van der Waals surface area contributed by atoms with E-state index in [1.807, 2.05) is 42.5 Å². The predicted octanol–water partition coefficient (Wildman–Crippen LogP) is 4.35.